The van der Waals surface area contributed by atoms with E-state index in [1.165, 1.54) is 5.56 Å². The van der Waals surface area contributed by atoms with E-state index in [1.54, 1.807) is 4.90 Å². The molecule has 2 aliphatic rings. The van der Waals surface area contributed by atoms with E-state index in [2.05, 4.69) is 31.3 Å². The number of hydrogen-bond donors (Lipinski definition) is 1. The fraction of sp³-hybridized carbons (Fsp3) is 0.579. The number of hydrogen-bond acceptors (Lipinski definition) is 3. The second kappa shape index (κ2) is 8.19. The summed E-state index contributed by atoms with van der Waals surface area (Å²) >= 11 is 0. The zero-order valence-electron chi connectivity index (χ0n) is 15.2. The van der Waals surface area contributed by atoms with Gasteiger partial charge < -0.3 is 15.1 Å². The molecular weight excluding hydrogens is 338 g/mol. The number of rotatable bonds is 3. The summed E-state index contributed by atoms with van der Waals surface area (Å²) in [6.45, 7) is 9.25. The minimum atomic E-state index is -0.518. The summed E-state index contributed by atoms with van der Waals surface area (Å²) in [5.41, 5.74) is 2.15. The predicted octanol–water partition coefficient (Wildman–Crippen LogP) is 2.41. The summed E-state index contributed by atoms with van der Waals surface area (Å²) in [5.74, 6) is -0.106. The summed E-state index contributed by atoms with van der Waals surface area (Å²) in [4.78, 5) is 29.2. The normalized spacial score (nSPS) is 23.8. The molecule has 1 aromatic carbocycles. The van der Waals surface area contributed by atoms with Crippen molar-refractivity contribution in [2.45, 2.75) is 39.2 Å². The van der Waals surface area contributed by atoms with Gasteiger partial charge in [0.25, 0.3) is 0 Å². The SMILES string of the molecule is CC(C)c1ccc(N2CCC(C(=O)N3CCNC[C@@H]3C)C2=O)cc1.Cl. The highest BCUT2D eigenvalue weighted by Crippen LogP contribution is 2.28. The smallest absolute Gasteiger partial charge is 0.239 e. The second-order valence-corrected chi connectivity index (χ2v) is 7.16. The molecule has 0 bridgehead atoms. The monoisotopic (exact) mass is 365 g/mol. The van der Waals surface area contributed by atoms with Gasteiger partial charge in [-0.05, 0) is 37.0 Å². The zero-order chi connectivity index (χ0) is 17.3. The maximum atomic E-state index is 12.8. The minimum absolute atomic E-state index is 0. The molecule has 3 rings (SSSR count). The van der Waals surface area contributed by atoms with Crippen LogP contribution in [0.15, 0.2) is 24.3 Å². The van der Waals surface area contributed by atoms with Gasteiger partial charge in [-0.2, -0.15) is 0 Å². The van der Waals surface area contributed by atoms with Crippen molar-refractivity contribution in [1.29, 1.82) is 0 Å². The summed E-state index contributed by atoms with van der Waals surface area (Å²) < 4.78 is 0. The molecule has 6 heteroatoms. The Morgan fingerprint density at radius 2 is 1.88 bits per heavy atom. The number of carbonyl (C=O) groups excluding carboxylic acids is 2. The number of piperazine rings is 1. The van der Waals surface area contributed by atoms with Crippen molar-refractivity contribution in [2.75, 3.05) is 31.1 Å². The van der Waals surface area contributed by atoms with Gasteiger partial charge in [0.05, 0.1) is 0 Å². The summed E-state index contributed by atoms with van der Waals surface area (Å²) in [6.07, 6.45) is 0.611. The zero-order valence-corrected chi connectivity index (χ0v) is 16.0. The second-order valence-electron chi connectivity index (χ2n) is 7.16. The molecule has 5 nitrogen and oxygen atoms in total. The van der Waals surface area contributed by atoms with Crippen LogP contribution in [0.1, 0.15) is 38.7 Å². The van der Waals surface area contributed by atoms with Gasteiger partial charge in [-0.3, -0.25) is 9.59 Å². The molecule has 1 aromatic rings. The molecule has 2 aliphatic heterocycles. The standard InChI is InChI=1S/C19H27N3O2.ClH/c1-13(2)15-4-6-16(7-5-15)22-10-8-17(19(22)24)18(23)21-11-9-20-12-14(21)3;/h4-7,13-14,17,20H,8-12H2,1-3H3;1H/t14-,17?;/m0./s1. The molecular formula is C19H28ClN3O2. The Labute approximate surface area is 156 Å². The number of halogens is 1. The van der Waals surface area contributed by atoms with Crippen LogP contribution in [-0.4, -0.2) is 48.9 Å². The Bertz CT molecular complexity index is 618. The molecule has 0 spiro atoms. The largest absolute Gasteiger partial charge is 0.337 e. The van der Waals surface area contributed by atoms with Crippen LogP contribution in [0, 0.1) is 5.92 Å². The minimum Gasteiger partial charge on any atom is -0.337 e. The average Bonchev–Trinajstić information content (AvgIpc) is 2.96. The first-order valence-electron chi connectivity index (χ1n) is 8.91. The third kappa shape index (κ3) is 3.98. The van der Waals surface area contributed by atoms with Gasteiger partial charge in [0, 0.05) is 37.9 Å². The van der Waals surface area contributed by atoms with Gasteiger partial charge in [-0.15, -0.1) is 12.4 Å². The maximum Gasteiger partial charge on any atom is 0.239 e. The van der Waals surface area contributed by atoms with Crippen molar-refractivity contribution in [2.24, 2.45) is 5.92 Å². The van der Waals surface area contributed by atoms with Crippen LogP contribution in [0.2, 0.25) is 0 Å². The lowest BCUT2D eigenvalue weighted by Crippen LogP contribution is -2.54. The van der Waals surface area contributed by atoms with Crippen molar-refractivity contribution in [3.8, 4) is 0 Å². The van der Waals surface area contributed by atoms with E-state index in [-0.39, 0.29) is 30.3 Å². The summed E-state index contributed by atoms with van der Waals surface area (Å²) in [5, 5.41) is 3.28. The first kappa shape index (κ1) is 19.7. The molecule has 0 saturated carbocycles. The lowest BCUT2D eigenvalue weighted by molar-refractivity contribution is -0.142. The summed E-state index contributed by atoms with van der Waals surface area (Å²) in [6, 6.07) is 8.28. The van der Waals surface area contributed by atoms with Crippen LogP contribution in [0.5, 0.6) is 0 Å². The Kier molecular flexibility index (Phi) is 6.47. The van der Waals surface area contributed by atoms with E-state index in [1.807, 2.05) is 24.0 Å². The molecule has 138 valence electrons. The first-order valence-corrected chi connectivity index (χ1v) is 8.91. The third-order valence-electron chi connectivity index (χ3n) is 5.16. The molecule has 2 fully saturated rings. The van der Waals surface area contributed by atoms with Crippen LogP contribution < -0.4 is 10.2 Å². The fourth-order valence-corrected chi connectivity index (χ4v) is 3.57. The molecule has 2 heterocycles. The molecule has 2 saturated heterocycles. The van der Waals surface area contributed by atoms with E-state index in [0.717, 1.165) is 18.8 Å². The van der Waals surface area contributed by atoms with Gasteiger partial charge >= 0.3 is 0 Å². The quantitative estimate of drug-likeness (QED) is 0.837. The van der Waals surface area contributed by atoms with Crippen LogP contribution >= 0.6 is 12.4 Å². The highest BCUT2D eigenvalue weighted by Gasteiger charge is 2.41. The average molecular weight is 366 g/mol. The molecule has 2 atom stereocenters. The number of benzene rings is 1. The number of nitrogens with zero attached hydrogens (tertiary/aromatic N) is 2. The number of nitrogens with one attached hydrogen (secondary N) is 1. The van der Waals surface area contributed by atoms with Gasteiger partial charge in [-0.1, -0.05) is 26.0 Å². The Balaban J connectivity index is 0.00000225. The Morgan fingerprint density at radius 3 is 2.48 bits per heavy atom. The molecule has 0 aliphatic carbocycles. The number of amides is 2. The van der Waals surface area contributed by atoms with E-state index >= 15 is 0 Å². The first-order chi connectivity index (χ1) is 11.5. The van der Waals surface area contributed by atoms with Crippen molar-refractivity contribution in [3.05, 3.63) is 29.8 Å². The Hall–Kier alpha value is -1.59. The van der Waals surface area contributed by atoms with Crippen LogP contribution in [0.4, 0.5) is 5.69 Å². The van der Waals surface area contributed by atoms with Crippen LogP contribution in [0.3, 0.4) is 0 Å². The number of anilines is 1. The molecule has 1 N–H and O–H groups in total. The van der Waals surface area contributed by atoms with Crippen LogP contribution in [-0.2, 0) is 9.59 Å². The maximum absolute atomic E-state index is 12.8. The molecule has 25 heavy (non-hydrogen) atoms. The third-order valence-corrected chi connectivity index (χ3v) is 5.16. The van der Waals surface area contributed by atoms with Crippen molar-refractivity contribution in [3.63, 3.8) is 0 Å². The van der Waals surface area contributed by atoms with E-state index in [9.17, 15) is 9.59 Å². The lowest BCUT2D eigenvalue weighted by Gasteiger charge is -2.35. The van der Waals surface area contributed by atoms with Crippen molar-refractivity contribution >= 4 is 29.9 Å². The highest BCUT2D eigenvalue weighted by atomic mass is 35.5. The van der Waals surface area contributed by atoms with Gasteiger partial charge in [-0.25, -0.2) is 0 Å². The predicted molar refractivity (Wildman–Crippen MR) is 102 cm³/mol. The van der Waals surface area contributed by atoms with Crippen LogP contribution in [0.25, 0.3) is 0 Å². The molecule has 0 radical (unpaired) electrons. The highest BCUT2D eigenvalue weighted by molar-refractivity contribution is 6.09. The molecule has 2 amide bonds. The fourth-order valence-electron chi connectivity index (χ4n) is 3.57. The van der Waals surface area contributed by atoms with Gasteiger partial charge in [0.2, 0.25) is 11.8 Å². The van der Waals surface area contributed by atoms with Crippen molar-refractivity contribution in [1.82, 2.24) is 10.2 Å². The van der Waals surface area contributed by atoms with E-state index < -0.39 is 5.92 Å². The van der Waals surface area contributed by atoms with Gasteiger partial charge in [0.15, 0.2) is 0 Å². The molecule has 0 aromatic heterocycles. The van der Waals surface area contributed by atoms with E-state index in [0.29, 0.717) is 25.4 Å². The van der Waals surface area contributed by atoms with Crippen molar-refractivity contribution < 1.29 is 9.59 Å². The topological polar surface area (TPSA) is 52.7 Å². The summed E-state index contributed by atoms with van der Waals surface area (Å²) in [7, 11) is 0. The Morgan fingerprint density at radius 1 is 1.20 bits per heavy atom. The van der Waals surface area contributed by atoms with Gasteiger partial charge in [0.1, 0.15) is 5.92 Å². The number of carbonyl (C=O) groups is 2. The molecule has 1 unspecified atom stereocenters. The lowest BCUT2D eigenvalue weighted by atomic mass is 10.0. The van der Waals surface area contributed by atoms with E-state index in [4.69, 9.17) is 0 Å².